The molecule has 0 heterocycles. The van der Waals surface area contributed by atoms with Crippen molar-refractivity contribution in [2.24, 2.45) is 4.99 Å². The molecule has 0 amide bonds. The van der Waals surface area contributed by atoms with Crippen LogP contribution in [0.25, 0.3) is 0 Å². The van der Waals surface area contributed by atoms with Crippen molar-refractivity contribution >= 4 is 35.9 Å². The fourth-order valence-corrected chi connectivity index (χ4v) is 1.89. The molecule has 5 nitrogen and oxygen atoms in total. The van der Waals surface area contributed by atoms with E-state index in [1.165, 1.54) is 7.11 Å². The highest BCUT2D eigenvalue weighted by molar-refractivity contribution is 14.0. The van der Waals surface area contributed by atoms with Gasteiger partial charge in [0.1, 0.15) is 0 Å². The highest BCUT2D eigenvalue weighted by Crippen LogP contribution is 2.02. The van der Waals surface area contributed by atoms with E-state index in [4.69, 9.17) is 0 Å². The van der Waals surface area contributed by atoms with E-state index < -0.39 is 0 Å². The molecule has 22 heavy (non-hydrogen) atoms. The zero-order valence-electron chi connectivity index (χ0n) is 14.3. The Balaban J connectivity index is 0. The average molecular weight is 425 g/mol. The number of nitrogens with zero attached hydrogens (tertiary/aromatic N) is 2. The Hall–Kier alpha value is -0.790. The fraction of sp³-hybridized carbons (Fsp3) is 0.750. The number of hydrogen-bond donors (Lipinski definition) is 1. The minimum atomic E-state index is -0.131. The normalized spacial score (nSPS) is 10.6. The summed E-state index contributed by atoms with van der Waals surface area (Å²) in [5, 5.41) is 3.30. The summed E-state index contributed by atoms with van der Waals surface area (Å²) in [7, 11) is 3.49. The topological polar surface area (TPSA) is 53.9 Å². The SMILES string of the molecule is C=CCCCN(C)C(=NCCCCCC(=O)OC)NCC.I. The van der Waals surface area contributed by atoms with Crippen LogP contribution in [0.2, 0.25) is 0 Å². The molecule has 0 atom stereocenters. The standard InChI is InChI=1S/C16H31N3O2.HI/c1-5-7-11-14-19(3)16(17-6-2)18-13-10-8-9-12-15(20)21-4;/h5H,1,6-14H2,2-4H3,(H,17,18);1H. The van der Waals surface area contributed by atoms with Gasteiger partial charge in [-0.1, -0.05) is 12.5 Å². The summed E-state index contributed by atoms with van der Waals surface area (Å²) >= 11 is 0. The van der Waals surface area contributed by atoms with Gasteiger partial charge in [0.2, 0.25) is 0 Å². The van der Waals surface area contributed by atoms with Crippen LogP contribution in [0.15, 0.2) is 17.6 Å². The van der Waals surface area contributed by atoms with Crippen LogP contribution < -0.4 is 5.32 Å². The van der Waals surface area contributed by atoms with Gasteiger partial charge in [0.25, 0.3) is 0 Å². The van der Waals surface area contributed by atoms with Crippen molar-refractivity contribution in [3.05, 3.63) is 12.7 Å². The molecule has 0 aliphatic carbocycles. The minimum absolute atomic E-state index is 0. The van der Waals surface area contributed by atoms with E-state index >= 15 is 0 Å². The number of allylic oxidation sites excluding steroid dienone is 1. The minimum Gasteiger partial charge on any atom is -0.469 e. The monoisotopic (exact) mass is 425 g/mol. The van der Waals surface area contributed by atoms with Crippen LogP contribution in [-0.4, -0.2) is 50.6 Å². The summed E-state index contributed by atoms with van der Waals surface area (Å²) in [4.78, 5) is 17.8. The van der Waals surface area contributed by atoms with E-state index in [0.29, 0.717) is 6.42 Å². The second kappa shape index (κ2) is 16.6. The maximum absolute atomic E-state index is 11.0. The van der Waals surface area contributed by atoms with Crippen molar-refractivity contribution in [1.82, 2.24) is 10.2 Å². The molecule has 0 aromatic heterocycles. The molecule has 0 fully saturated rings. The van der Waals surface area contributed by atoms with Gasteiger partial charge in [-0.3, -0.25) is 9.79 Å². The number of guanidine groups is 1. The molecule has 0 aromatic rings. The third-order valence-corrected chi connectivity index (χ3v) is 3.13. The van der Waals surface area contributed by atoms with Gasteiger partial charge in [0, 0.05) is 33.1 Å². The molecule has 0 saturated carbocycles. The van der Waals surface area contributed by atoms with Crippen LogP contribution in [0.4, 0.5) is 0 Å². The highest BCUT2D eigenvalue weighted by atomic mass is 127. The van der Waals surface area contributed by atoms with E-state index in [-0.39, 0.29) is 29.9 Å². The third kappa shape index (κ3) is 12.9. The van der Waals surface area contributed by atoms with E-state index in [1.54, 1.807) is 0 Å². The van der Waals surface area contributed by atoms with Gasteiger partial charge in [0.15, 0.2) is 5.96 Å². The first kappa shape index (κ1) is 23.5. The van der Waals surface area contributed by atoms with Crippen LogP contribution in [0.1, 0.15) is 45.4 Å². The van der Waals surface area contributed by atoms with Gasteiger partial charge in [-0.05, 0) is 32.6 Å². The number of carbonyl (C=O) groups is 1. The van der Waals surface area contributed by atoms with E-state index in [1.807, 2.05) is 6.08 Å². The number of unbranched alkanes of at least 4 members (excludes halogenated alkanes) is 3. The maximum atomic E-state index is 11.0. The molecule has 0 rings (SSSR count). The smallest absolute Gasteiger partial charge is 0.305 e. The second-order valence-electron chi connectivity index (χ2n) is 4.97. The lowest BCUT2D eigenvalue weighted by molar-refractivity contribution is -0.140. The summed E-state index contributed by atoms with van der Waals surface area (Å²) in [5.74, 6) is 0.823. The largest absolute Gasteiger partial charge is 0.469 e. The molecule has 0 spiro atoms. The van der Waals surface area contributed by atoms with Crippen LogP contribution in [0.3, 0.4) is 0 Å². The van der Waals surface area contributed by atoms with Crippen molar-refractivity contribution in [2.45, 2.75) is 45.4 Å². The number of nitrogens with one attached hydrogen (secondary N) is 1. The van der Waals surface area contributed by atoms with Crippen LogP contribution in [0.5, 0.6) is 0 Å². The van der Waals surface area contributed by atoms with E-state index in [2.05, 4.69) is 40.5 Å². The third-order valence-electron chi connectivity index (χ3n) is 3.13. The van der Waals surface area contributed by atoms with Crippen molar-refractivity contribution in [1.29, 1.82) is 0 Å². The maximum Gasteiger partial charge on any atom is 0.305 e. The first-order valence-corrected chi connectivity index (χ1v) is 7.82. The Bertz CT molecular complexity index is 323. The van der Waals surface area contributed by atoms with Crippen molar-refractivity contribution < 1.29 is 9.53 Å². The summed E-state index contributed by atoms with van der Waals surface area (Å²) < 4.78 is 4.61. The van der Waals surface area contributed by atoms with Crippen LogP contribution >= 0.6 is 24.0 Å². The molecule has 0 aliphatic heterocycles. The first-order chi connectivity index (χ1) is 10.2. The number of carbonyl (C=O) groups excluding carboxylic acids is 1. The molecule has 1 N–H and O–H groups in total. The Kier molecular flexibility index (Phi) is 17.7. The molecule has 0 saturated heterocycles. The molecule has 0 aliphatic rings. The Morgan fingerprint density at radius 1 is 1.32 bits per heavy atom. The lowest BCUT2D eigenvalue weighted by Gasteiger charge is -2.21. The molecule has 0 aromatic carbocycles. The molecule has 0 unspecified atom stereocenters. The van der Waals surface area contributed by atoms with Crippen molar-refractivity contribution in [2.75, 3.05) is 33.8 Å². The summed E-state index contributed by atoms with van der Waals surface area (Å²) in [6, 6.07) is 0. The summed E-state index contributed by atoms with van der Waals surface area (Å²) in [6.45, 7) is 8.44. The van der Waals surface area contributed by atoms with Gasteiger partial charge in [0.05, 0.1) is 7.11 Å². The lowest BCUT2D eigenvalue weighted by atomic mass is 10.2. The molecule has 130 valence electrons. The van der Waals surface area contributed by atoms with Gasteiger partial charge in [-0.25, -0.2) is 0 Å². The zero-order valence-corrected chi connectivity index (χ0v) is 16.6. The average Bonchev–Trinajstić information content (AvgIpc) is 2.49. The first-order valence-electron chi connectivity index (χ1n) is 7.82. The van der Waals surface area contributed by atoms with E-state index in [9.17, 15) is 4.79 Å². The second-order valence-corrected chi connectivity index (χ2v) is 4.97. The highest BCUT2D eigenvalue weighted by Gasteiger charge is 2.04. The number of rotatable bonds is 11. The van der Waals surface area contributed by atoms with Crippen LogP contribution in [0, 0.1) is 0 Å². The number of esters is 1. The lowest BCUT2D eigenvalue weighted by Crippen LogP contribution is -2.39. The number of aliphatic imine (C=N–C) groups is 1. The number of hydrogen-bond acceptors (Lipinski definition) is 3. The van der Waals surface area contributed by atoms with Gasteiger partial charge in [-0.15, -0.1) is 30.6 Å². The van der Waals surface area contributed by atoms with E-state index in [0.717, 1.165) is 57.7 Å². The Morgan fingerprint density at radius 3 is 2.64 bits per heavy atom. The fourth-order valence-electron chi connectivity index (χ4n) is 1.89. The molecular weight excluding hydrogens is 393 g/mol. The van der Waals surface area contributed by atoms with Crippen molar-refractivity contribution in [3.63, 3.8) is 0 Å². The molecule has 6 heteroatoms. The Morgan fingerprint density at radius 2 is 2.05 bits per heavy atom. The summed E-state index contributed by atoms with van der Waals surface area (Å²) in [6.07, 6.45) is 7.42. The van der Waals surface area contributed by atoms with Gasteiger partial charge < -0.3 is 15.0 Å². The predicted octanol–water partition coefficient (Wildman–Crippen LogP) is 3.20. The van der Waals surface area contributed by atoms with Gasteiger partial charge in [-0.2, -0.15) is 0 Å². The molecule has 0 radical (unpaired) electrons. The number of methoxy groups -OCH3 is 1. The van der Waals surface area contributed by atoms with Crippen molar-refractivity contribution in [3.8, 4) is 0 Å². The van der Waals surface area contributed by atoms with Crippen LogP contribution in [-0.2, 0) is 9.53 Å². The molecule has 0 bridgehead atoms. The summed E-state index contributed by atoms with van der Waals surface area (Å²) in [5.41, 5.74) is 0. The zero-order chi connectivity index (χ0) is 15.9. The molecular formula is C16H32IN3O2. The number of halogens is 1. The number of ether oxygens (including phenoxy) is 1. The quantitative estimate of drug-likeness (QED) is 0.138. The Labute approximate surface area is 152 Å². The predicted molar refractivity (Wildman–Crippen MR) is 104 cm³/mol. The van der Waals surface area contributed by atoms with Gasteiger partial charge >= 0.3 is 5.97 Å².